The summed E-state index contributed by atoms with van der Waals surface area (Å²) in [6.45, 7) is 0.649. The summed E-state index contributed by atoms with van der Waals surface area (Å²) < 4.78 is 5.61. The van der Waals surface area contributed by atoms with E-state index in [4.69, 9.17) is 10.5 Å². The maximum Gasteiger partial charge on any atom is 0.222 e. The number of ether oxygens (including phenoxy) is 1. The van der Waals surface area contributed by atoms with Gasteiger partial charge in [-0.15, -0.1) is 0 Å². The van der Waals surface area contributed by atoms with Crippen molar-refractivity contribution in [3.63, 3.8) is 0 Å². The van der Waals surface area contributed by atoms with Crippen LogP contribution in [-0.4, -0.2) is 18.1 Å². The van der Waals surface area contributed by atoms with Crippen LogP contribution in [0.3, 0.4) is 0 Å². The van der Waals surface area contributed by atoms with Crippen LogP contribution in [0.15, 0.2) is 24.3 Å². The van der Waals surface area contributed by atoms with Gasteiger partial charge in [-0.2, -0.15) is 0 Å². The lowest BCUT2D eigenvalue weighted by Crippen LogP contribution is -2.43. The van der Waals surface area contributed by atoms with Crippen LogP contribution in [-0.2, 0) is 4.79 Å². The molecule has 1 fully saturated rings. The second-order valence-electron chi connectivity index (χ2n) is 6.04. The molecule has 0 radical (unpaired) electrons. The molecule has 4 heteroatoms. The standard InChI is InChI=1S/C16H22N2O2/c17-16(8-3-4-9-16)11-15(19)18-13-7-10-20-14-6-2-1-5-12(13)14/h1-2,5-6,13H,3-4,7-11,17H2,(H,18,19). The summed E-state index contributed by atoms with van der Waals surface area (Å²) in [6, 6.07) is 7.96. The minimum absolute atomic E-state index is 0.0532. The van der Waals surface area contributed by atoms with Crippen LogP contribution in [0, 0.1) is 0 Å². The summed E-state index contributed by atoms with van der Waals surface area (Å²) in [5.41, 5.74) is 7.06. The molecule has 1 aromatic rings. The van der Waals surface area contributed by atoms with Gasteiger partial charge in [0.05, 0.1) is 12.6 Å². The largest absolute Gasteiger partial charge is 0.493 e. The molecule has 0 aromatic heterocycles. The van der Waals surface area contributed by atoms with Crippen LogP contribution in [0.2, 0.25) is 0 Å². The van der Waals surface area contributed by atoms with Gasteiger partial charge in [-0.05, 0) is 18.9 Å². The molecule has 1 aromatic carbocycles. The first-order valence-electron chi connectivity index (χ1n) is 7.46. The third-order valence-corrected chi connectivity index (χ3v) is 4.41. The number of fused-ring (bicyclic) bond motifs is 1. The molecule has 3 N–H and O–H groups in total. The second-order valence-corrected chi connectivity index (χ2v) is 6.04. The predicted molar refractivity (Wildman–Crippen MR) is 77.4 cm³/mol. The molecular weight excluding hydrogens is 252 g/mol. The molecule has 1 atom stereocenters. The van der Waals surface area contributed by atoms with Crippen LogP contribution in [0.1, 0.15) is 50.1 Å². The fraction of sp³-hybridized carbons (Fsp3) is 0.562. The molecule has 0 spiro atoms. The SMILES string of the molecule is NC1(CC(=O)NC2CCOc3ccccc32)CCCC1. The number of amides is 1. The van der Waals surface area contributed by atoms with Gasteiger partial charge in [0.1, 0.15) is 5.75 Å². The summed E-state index contributed by atoms with van der Waals surface area (Å²) in [6.07, 6.45) is 5.47. The summed E-state index contributed by atoms with van der Waals surface area (Å²) in [5.74, 6) is 0.948. The van der Waals surface area contributed by atoms with Crippen molar-refractivity contribution in [2.24, 2.45) is 5.73 Å². The molecule has 1 aliphatic carbocycles. The Balaban J connectivity index is 1.65. The maximum atomic E-state index is 12.3. The van der Waals surface area contributed by atoms with Crippen molar-refractivity contribution in [3.05, 3.63) is 29.8 Å². The second kappa shape index (κ2) is 5.44. The monoisotopic (exact) mass is 274 g/mol. The van der Waals surface area contributed by atoms with E-state index < -0.39 is 0 Å². The number of hydrogen-bond acceptors (Lipinski definition) is 3. The predicted octanol–water partition coefficient (Wildman–Crippen LogP) is 2.29. The zero-order valence-corrected chi connectivity index (χ0v) is 11.7. The summed E-state index contributed by atoms with van der Waals surface area (Å²) in [4.78, 5) is 12.3. The van der Waals surface area contributed by atoms with Crippen molar-refractivity contribution in [1.82, 2.24) is 5.32 Å². The highest BCUT2D eigenvalue weighted by molar-refractivity contribution is 5.78. The summed E-state index contributed by atoms with van der Waals surface area (Å²) in [5, 5.41) is 3.13. The van der Waals surface area contributed by atoms with Crippen LogP contribution in [0.4, 0.5) is 0 Å². The zero-order valence-electron chi connectivity index (χ0n) is 11.7. The van der Waals surface area contributed by atoms with Gasteiger partial charge in [-0.3, -0.25) is 4.79 Å². The molecule has 4 nitrogen and oxygen atoms in total. The molecule has 1 heterocycles. The van der Waals surface area contributed by atoms with Crippen molar-refractivity contribution in [2.45, 2.75) is 50.1 Å². The fourth-order valence-corrected chi connectivity index (χ4v) is 3.31. The third kappa shape index (κ3) is 2.80. The van der Waals surface area contributed by atoms with Crippen molar-refractivity contribution < 1.29 is 9.53 Å². The third-order valence-electron chi connectivity index (χ3n) is 4.41. The minimum atomic E-state index is -0.283. The summed E-state index contributed by atoms with van der Waals surface area (Å²) >= 11 is 0. The average molecular weight is 274 g/mol. The van der Waals surface area contributed by atoms with E-state index in [1.165, 1.54) is 0 Å². The van der Waals surface area contributed by atoms with E-state index in [0.29, 0.717) is 13.0 Å². The van der Waals surface area contributed by atoms with Crippen molar-refractivity contribution in [1.29, 1.82) is 0 Å². The lowest BCUT2D eigenvalue weighted by molar-refractivity contribution is -0.123. The van der Waals surface area contributed by atoms with E-state index in [-0.39, 0.29) is 17.5 Å². The van der Waals surface area contributed by atoms with Gasteiger partial charge >= 0.3 is 0 Å². The molecule has 1 amide bonds. The van der Waals surface area contributed by atoms with E-state index in [2.05, 4.69) is 5.32 Å². The van der Waals surface area contributed by atoms with Crippen molar-refractivity contribution in [3.8, 4) is 5.75 Å². The first kappa shape index (κ1) is 13.4. The summed E-state index contributed by atoms with van der Waals surface area (Å²) in [7, 11) is 0. The number of carbonyl (C=O) groups is 1. The Kier molecular flexibility index (Phi) is 3.66. The quantitative estimate of drug-likeness (QED) is 0.889. The fourth-order valence-electron chi connectivity index (χ4n) is 3.31. The number of rotatable bonds is 3. The van der Waals surface area contributed by atoms with Gasteiger partial charge in [0, 0.05) is 23.9 Å². The first-order chi connectivity index (χ1) is 9.66. The van der Waals surface area contributed by atoms with Crippen molar-refractivity contribution in [2.75, 3.05) is 6.61 Å². The molecule has 1 saturated carbocycles. The molecular formula is C16H22N2O2. The molecule has 1 aliphatic heterocycles. The minimum Gasteiger partial charge on any atom is -0.493 e. The molecule has 0 saturated heterocycles. The van der Waals surface area contributed by atoms with Crippen molar-refractivity contribution >= 4 is 5.91 Å². The van der Waals surface area contributed by atoms with E-state index >= 15 is 0 Å². The van der Waals surface area contributed by atoms with Gasteiger partial charge in [0.15, 0.2) is 0 Å². The lowest BCUT2D eigenvalue weighted by Gasteiger charge is -2.28. The Bertz CT molecular complexity index is 495. The lowest BCUT2D eigenvalue weighted by atomic mass is 9.93. The highest BCUT2D eigenvalue weighted by atomic mass is 16.5. The highest BCUT2D eigenvalue weighted by Crippen LogP contribution is 2.33. The number of carbonyl (C=O) groups excluding carboxylic acids is 1. The Morgan fingerprint density at radius 2 is 2.10 bits per heavy atom. The van der Waals surface area contributed by atoms with Gasteiger partial charge < -0.3 is 15.8 Å². The Morgan fingerprint density at radius 3 is 2.90 bits per heavy atom. The Morgan fingerprint density at radius 1 is 1.35 bits per heavy atom. The van der Waals surface area contributed by atoms with E-state index in [9.17, 15) is 4.79 Å². The van der Waals surface area contributed by atoms with Gasteiger partial charge in [-0.1, -0.05) is 31.0 Å². The number of benzene rings is 1. The molecule has 1 unspecified atom stereocenters. The van der Waals surface area contributed by atoms with Gasteiger partial charge in [0.25, 0.3) is 0 Å². The molecule has 108 valence electrons. The smallest absolute Gasteiger partial charge is 0.222 e. The Hall–Kier alpha value is -1.55. The Labute approximate surface area is 119 Å². The number of para-hydroxylation sites is 1. The van der Waals surface area contributed by atoms with Gasteiger partial charge in [0.2, 0.25) is 5.91 Å². The molecule has 0 bridgehead atoms. The normalized spacial score (nSPS) is 23.8. The van der Waals surface area contributed by atoms with Gasteiger partial charge in [-0.25, -0.2) is 0 Å². The molecule has 20 heavy (non-hydrogen) atoms. The average Bonchev–Trinajstić information content (AvgIpc) is 2.85. The van der Waals surface area contributed by atoms with E-state index in [1.54, 1.807) is 0 Å². The van der Waals surface area contributed by atoms with E-state index in [0.717, 1.165) is 43.4 Å². The topological polar surface area (TPSA) is 64.4 Å². The maximum absolute atomic E-state index is 12.3. The van der Waals surface area contributed by atoms with Crippen LogP contribution < -0.4 is 15.8 Å². The highest BCUT2D eigenvalue weighted by Gasteiger charge is 2.33. The number of nitrogens with two attached hydrogens (primary N) is 1. The number of hydrogen-bond donors (Lipinski definition) is 2. The van der Waals surface area contributed by atoms with E-state index in [1.807, 2.05) is 24.3 Å². The number of nitrogens with one attached hydrogen (secondary N) is 1. The van der Waals surface area contributed by atoms with Crippen LogP contribution in [0.5, 0.6) is 5.75 Å². The van der Waals surface area contributed by atoms with Crippen LogP contribution in [0.25, 0.3) is 0 Å². The first-order valence-corrected chi connectivity index (χ1v) is 7.46. The zero-order chi connectivity index (χ0) is 14.0. The van der Waals surface area contributed by atoms with Crippen LogP contribution >= 0.6 is 0 Å². The molecule has 3 rings (SSSR count). The molecule has 2 aliphatic rings.